The number of carbonyl (C=O) groups is 1. The molecule has 0 aromatic heterocycles. The molecule has 0 radical (unpaired) electrons. The van der Waals surface area contributed by atoms with E-state index in [0.717, 1.165) is 0 Å². The molecule has 7 nitrogen and oxygen atoms in total. The maximum atomic E-state index is 12.7. The summed E-state index contributed by atoms with van der Waals surface area (Å²) in [7, 11) is -0.859. The fraction of sp³-hybridized carbons (Fsp3) is 0.500. The van der Waals surface area contributed by atoms with Crippen molar-refractivity contribution in [3.8, 4) is 11.5 Å². The summed E-state index contributed by atoms with van der Waals surface area (Å²) >= 11 is 0. The summed E-state index contributed by atoms with van der Waals surface area (Å²) in [6.45, 7) is 0.312. The molecule has 0 unspecified atom stereocenters. The van der Waals surface area contributed by atoms with Gasteiger partial charge in [-0.05, 0) is 25.0 Å². The number of methoxy groups -OCH3 is 2. The van der Waals surface area contributed by atoms with Gasteiger partial charge in [0.05, 0.1) is 25.0 Å². The van der Waals surface area contributed by atoms with E-state index in [0.29, 0.717) is 30.9 Å². The second-order valence-electron chi connectivity index (χ2n) is 5.06. The lowest BCUT2D eigenvalue weighted by Crippen LogP contribution is -2.42. The quantitative estimate of drug-likeness (QED) is 0.872. The van der Waals surface area contributed by atoms with Crippen molar-refractivity contribution in [1.82, 2.24) is 4.31 Å². The van der Waals surface area contributed by atoms with Crippen molar-refractivity contribution in [1.29, 1.82) is 0 Å². The summed E-state index contributed by atoms with van der Waals surface area (Å²) in [4.78, 5) is 11.2. The molecule has 1 aliphatic rings. The normalized spacial score (nSPS) is 19.6. The van der Waals surface area contributed by atoms with Crippen LogP contribution in [0.2, 0.25) is 0 Å². The highest BCUT2D eigenvalue weighted by molar-refractivity contribution is 7.89. The third-order valence-electron chi connectivity index (χ3n) is 3.73. The molecule has 22 heavy (non-hydrogen) atoms. The molecule has 8 heteroatoms. The molecule has 1 heterocycles. The molecule has 0 saturated carbocycles. The Morgan fingerprint density at radius 2 is 1.95 bits per heavy atom. The van der Waals surface area contributed by atoms with E-state index in [4.69, 9.17) is 14.6 Å². The largest absolute Gasteiger partial charge is 0.493 e. The maximum Gasteiger partial charge on any atom is 0.307 e. The molecule has 1 aromatic rings. The minimum absolute atomic E-state index is 0.00793. The maximum absolute atomic E-state index is 12.7. The zero-order valence-corrected chi connectivity index (χ0v) is 13.3. The highest BCUT2D eigenvalue weighted by Crippen LogP contribution is 2.31. The predicted octanol–water partition coefficient (Wildman–Crippen LogP) is 1.19. The Labute approximate surface area is 129 Å². The van der Waals surface area contributed by atoms with Crippen molar-refractivity contribution in [2.45, 2.75) is 17.7 Å². The molecule has 1 aromatic carbocycles. The second kappa shape index (κ2) is 6.53. The van der Waals surface area contributed by atoms with Crippen LogP contribution < -0.4 is 9.47 Å². The first-order valence-electron chi connectivity index (χ1n) is 6.85. The summed E-state index contributed by atoms with van der Waals surface area (Å²) in [5.41, 5.74) is 0. The number of carboxylic acid groups (broad SMARTS) is 1. The van der Waals surface area contributed by atoms with E-state index < -0.39 is 21.9 Å². The average molecular weight is 329 g/mol. The molecular formula is C14H19NO6S. The number of aliphatic carboxylic acids is 1. The van der Waals surface area contributed by atoms with Crippen molar-refractivity contribution in [3.05, 3.63) is 18.2 Å². The van der Waals surface area contributed by atoms with Gasteiger partial charge < -0.3 is 14.6 Å². The predicted molar refractivity (Wildman–Crippen MR) is 78.7 cm³/mol. The molecule has 0 bridgehead atoms. The van der Waals surface area contributed by atoms with Crippen LogP contribution >= 0.6 is 0 Å². The van der Waals surface area contributed by atoms with Gasteiger partial charge in [-0.25, -0.2) is 8.42 Å². The number of carboxylic acids is 1. The number of hydrogen-bond donors (Lipinski definition) is 1. The van der Waals surface area contributed by atoms with E-state index in [2.05, 4.69) is 0 Å². The van der Waals surface area contributed by atoms with Gasteiger partial charge in [0, 0.05) is 19.2 Å². The standard InChI is InChI=1S/C14H19NO6S/c1-20-12-6-5-11(8-13(12)21-2)22(18,19)15-7-3-4-10(9-15)14(16)17/h5-6,8,10H,3-4,7,9H2,1-2H3,(H,16,17)/t10-/m1/s1. The Balaban J connectivity index is 2.32. The van der Waals surface area contributed by atoms with Gasteiger partial charge in [0.1, 0.15) is 0 Å². The number of sulfonamides is 1. The first-order valence-corrected chi connectivity index (χ1v) is 8.29. The van der Waals surface area contributed by atoms with Gasteiger partial charge in [0.15, 0.2) is 11.5 Å². The van der Waals surface area contributed by atoms with Crippen LogP contribution in [0.1, 0.15) is 12.8 Å². The molecule has 2 rings (SSSR count). The van der Waals surface area contributed by atoms with Crippen molar-refractivity contribution in [2.24, 2.45) is 5.92 Å². The first kappa shape index (κ1) is 16.6. The minimum atomic E-state index is -3.75. The average Bonchev–Trinajstić information content (AvgIpc) is 2.54. The third kappa shape index (κ3) is 3.17. The molecular weight excluding hydrogens is 310 g/mol. The van der Waals surface area contributed by atoms with Crippen molar-refractivity contribution in [2.75, 3.05) is 27.3 Å². The Bertz CT molecular complexity index is 657. The summed E-state index contributed by atoms with van der Waals surface area (Å²) in [6, 6.07) is 4.34. The van der Waals surface area contributed by atoms with Crippen LogP contribution in [0.15, 0.2) is 23.1 Å². The van der Waals surface area contributed by atoms with E-state index in [1.54, 1.807) is 0 Å². The summed E-state index contributed by atoms with van der Waals surface area (Å²) in [5, 5.41) is 9.08. The first-order chi connectivity index (χ1) is 10.4. The van der Waals surface area contributed by atoms with Crippen molar-refractivity contribution in [3.63, 3.8) is 0 Å². The lowest BCUT2D eigenvalue weighted by atomic mass is 10.0. The second-order valence-corrected chi connectivity index (χ2v) is 7.00. The third-order valence-corrected chi connectivity index (χ3v) is 5.59. The van der Waals surface area contributed by atoms with Gasteiger partial charge in [-0.2, -0.15) is 4.31 Å². The lowest BCUT2D eigenvalue weighted by molar-refractivity contribution is -0.142. The van der Waals surface area contributed by atoms with Crippen LogP contribution in [0.5, 0.6) is 11.5 Å². The monoisotopic (exact) mass is 329 g/mol. The number of piperidine rings is 1. The SMILES string of the molecule is COc1ccc(S(=O)(=O)N2CCC[C@@H](C(=O)O)C2)cc1OC. The topological polar surface area (TPSA) is 93.1 Å². The summed E-state index contributed by atoms with van der Waals surface area (Å²) in [5.74, 6) is -0.880. The van der Waals surface area contributed by atoms with E-state index in [1.807, 2.05) is 0 Å². The van der Waals surface area contributed by atoms with Gasteiger partial charge in [0.2, 0.25) is 10.0 Å². The molecule has 0 spiro atoms. The Morgan fingerprint density at radius 3 is 2.55 bits per heavy atom. The molecule has 1 fully saturated rings. The number of nitrogens with zero attached hydrogens (tertiary/aromatic N) is 1. The number of hydrogen-bond acceptors (Lipinski definition) is 5. The highest BCUT2D eigenvalue weighted by Gasteiger charge is 2.33. The smallest absolute Gasteiger partial charge is 0.307 e. The van der Waals surface area contributed by atoms with E-state index in [9.17, 15) is 13.2 Å². The molecule has 1 aliphatic heterocycles. The number of benzene rings is 1. The molecule has 1 N–H and O–H groups in total. The van der Waals surface area contributed by atoms with Crippen LogP contribution in [-0.4, -0.2) is 51.1 Å². The fourth-order valence-corrected chi connectivity index (χ4v) is 4.03. The highest BCUT2D eigenvalue weighted by atomic mass is 32.2. The molecule has 122 valence electrons. The van der Waals surface area contributed by atoms with Crippen molar-refractivity contribution < 1.29 is 27.8 Å². The van der Waals surface area contributed by atoms with Crippen LogP contribution in [0.3, 0.4) is 0 Å². The fourth-order valence-electron chi connectivity index (χ4n) is 2.49. The van der Waals surface area contributed by atoms with Gasteiger partial charge in [-0.1, -0.05) is 0 Å². The summed E-state index contributed by atoms with van der Waals surface area (Å²) in [6.07, 6.45) is 1.02. The Morgan fingerprint density at radius 1 is 1.27 bits per heavy atom. The van der Waals surface area contributed by atoms with Crippen LogP contribution in [-0.2, 0) is 14.8 Å². The van der Waals surface area contributed by atoms with E-state index >= 15 is 0 Å². The lowest BCUT2D eigenvalue weighted by Gasteiger charge is -2.29. The Kier molecular flexibility index (Phi) is 4.92. The zero-order chi connectivity index (χ0) is 16.3. The molecule has 1 saturated heterocycles. The Hall–Kier alpha value is -1.80. The summed E-state index contributed by atoms with van der Waals surface area (Å²) < 4.78 is 36.7. The number of rotatable bonds is 5. The molecule has 0 amide bonds. The van der Waals surface area contributed by atoms with Gasteiger partial charge in [-0.3, -0.25) is 4.79 Å². The minimum Gasteiger partial charge on any atom is -0.493 e. The van der Waals surface area contributed by atoms with E-state index in [-0.39, 0.29) is 11.4 Å². The molecule has 0 aliphatic carbocycles. The van der Waals surface area contributed by atoms with Crippen LogP contribution in [0, 0.1) is 5.92 Å². The van der Waals surface area contributed by atoms with Crippen molar-refractivity contribution >= 4 is 16.0 Å². The van der Waals surface area contributed by atoms with E-state index in [1.165, 1.54) is 36.7 Å². The van der Waals surface area contributed by atoms with Crippen LogP contribution in [0.4, 0.5) is 0 Å². The number of ether oxygens (including phenoxy) is 2. The van der Waals surface area contributed by atoms with Gasteiger partial charge in [-0.15, -0.1) is 0 Å². The zero-order valence-electron chi connectivity index (χ0n) is 12.5. The van der Waals surface area contributed by atoms with Crippen LogP contribution in [0.25, 0.3) is 0 Å². The van der Waals surface area contributed by atoms with Gasteiger partial charge in [0.25, 0.3) is 0 Å². The van der Waals surface area contributed by atoms with Gasteiger partial charge >= 0.3 is 5.97 Å². The molecule has 1 atom stereocenters.